The van der Waals surface area contributed by atoms with Crippen LogP contribution in [0.2, 0.25) is 0 Å². The lowest BCUT2D eigenvalue weighted by Crippen LogP contribution is -2.65. The van der Waals surface area contributed by atoms with Crippen LogP contribution in [0.5, 0.6) is 0 Å². The smallest absolute Gasteiger partial charge is 0.275 e. The Hall–Kier alpha value is -2.93. The maximum absolute atomic E-state index is 13.4. The molecule has 27 heavy (non-hydrogen) atoms. The highest BCUT2D eigenvalue weighted by atomic mass is 32.1. The number of hydrogen-bond acceptors (Lipinski definition) is 4. The van der Waals surface area contributed by atoms with Gasteiger partial charge in [0.25, 0.3) is 5.91 Å². The number of nitrogens with zero attached hydrogens (tertiary/aromatic N) is 3. The first-order valence-corrected chi connectivity index (χ1v) is 9.77. The van der Waals surface area contributed by atoms with E-state index in [0.717, 1.165) is 33.5 Å². The molecule has 2 amide bonds. The minimum absolute atomic E-state index is 0.0220. The van der Waals surface area contributed by atoms with Gasteiger partial charge >= 0.3 is 0 Å². The van der Waals surface area contributed by atoms with Crippen LogP contribution >= 0.6 is 11.3 Å². The van der Waals surface area contributed by atoms with Crippen LogP contribution in [0.15, 0.2) is 46.9 Å². The first kappa shape index (κ1) is 16.3. The number of aromatic amines is 1. The summed E-state index contributed by atoms with van der Waals surface area (Å²) in [6.07, 6.45) is 2.39. The molecule has 1 aromatic carbocycles. The molecule has 3 aromatic rings. The van der Waals surface area contributed by atoms with Crippen LogP contribution in [0.3, 0.4) is 0 Å². The molecule has 1 saturated heterocycles. The van der Waals surface area contributed by atoms with E-state index in [1.165, 1.54) is 16.3 Å². The molecule has 2 aromatic heterocycles. The summed E-state index contributed by atoms with van der Waals surface area (Å²) in [4.78, 5) is 32.3. The van der Waals surface area contributed by atoms with Crippen LogP contribution in [0.1, 0.15) is 23.1 Å². The van der Waals surface area contributed by atoms with E-state index < -0.39 is 5.54 Å². The van der Waals surface area contributed by atoms with Gasteiger partial charge in [0, 0.05) is 22.3 Å². The Morgan fingerprint density at radius 3 is 2.89 bits per heavy atom. The Kier molecular flexibility index (Phi) is 3.48. The molecule has 7 heteroatoms. The van der Waals surface area contributed by atoms with Crippen LogP contribution in [-0.4, -0.2) is 46.0 Å². The monoisotopic (exact) mass is 378 g/mol. The molecule has 0 saturated carbocycles. The van der Waals surface area contributed by atoms with Crippen LogP contribution in [0, 0.1) is 0 Å². The van der Waals surface area contributed by atoms with Crippen molar-refractivity contribution in [3.8, 4) is 0 Å². The maximum Gasteiger partial charge on any atom is 0.275 e. The molecule has 0 bridgehead atoms. The molecule has 0 radical (unpaired) electrons. The fourth-order valence-corrected chi connectivity index (χ4v) is 4.75. The highest BCUT2D eigenvalue weighted by Gasteiger charge is 2.54. The molecule has 1 fully saturated rings. The summed E-state index contributed by atoms with van der Waals surface area (Å²) in [5.74, 6) is -0.257. The molecule has 0 spiro atoms. The Labute approximate surface area is 160 Å². The Morgan fingerprint density at radius 1 is 1.22 bits per heavy atom. The summed E-state index contributed by atoms with van der Waals surface area (Å²) < 4.78 is 0. The average Bonchev–Trinajstić information content (AvgIpc) is 3.32. The van der Waals surface area contributed by atoms with Crippen molar-refractivity contribution in [1.82, 2.24) is 14.9 Å². The second kappa shape index (κ2) is 5.79. The lowest BCUT2D eigenvalue weighted by molar-refractivity contribution is -0.165. The zero-order valence-electron chi connectivity index (χ0n) is 14.8. The molecular weight excluding hydrogens is 360 g/mol. The quantitative estimate of drug-likeness (QED) is 0.697. The topological polar surface area (TPSA) is 68.8 Å². The number of nitrogens with one attached hydrogen (secondary N) is 1. The Bertz CT molecular complexity index is 1080. The lowest BCUT2D eigenvalue weighted by Gasteiger charge is -2.48. The number of fused-ring (bicyclic) bond motifs is 5. The number of carbonyl (C=O) groups is 2. The predicted molar refractivity (Wildman–Crippen MR) is 105 cm³/mol. The number of H-pyrrole nitrogens is 1. The number of para-hydroxylation sites is 1. The molecule has 2 aliphatic heterocycles. The van der Waals surface area contributed by atoms with Crippen molar-refractivity contribution >= 4 is 40.3 Å². The fourth-order valence-electron chi connectivity index (χ4n) is 4.18. The van der Waals surface area contributed by atoms with Gasteiger partial charge in [0.1, 0.15) is 6.54 Å². The van der Waals surface area contributed by atoms with Gasteiger partial charge in [0.15, 0.2) is 5.54 Å². The van der Waals surface area contributed by atoms with Gasteiger partial charge < -0.3 is 9.88 Å². The number of thiophene rings is 1. The van der Waals surface area contributed by atoms with Gasteiger partial charge in [-0.25, -0.2) is 5.01 Å². The lowest BCUT2D eigenvalue weighted by atomic mass is 9.83. The molecule has 4 heterocycles. The number of aromatic nitrogens is 1. The summed E-state index contributed by atoms with van der Waals surface area (Å²) in [5.41, 5.74) is 1.86. The number of hydrazone groups is 1. The zero-order valence-corrected chi connectivity index (χ0v) is 15.6. The van der Waals surface area contributed by atoms with Crippen LogP contribution in [0.4, 0.5) is 0 Å². The normalized spacial score (nSPS) is 22.6. The summed E-state index contributed by atoms with van der Waals surface area (Å²) in [6.45, 7) is 2.34. The summed E-state index contributed by atoms with van der Waals surface area (Å²) in [6, 6.07) is 11.9. The molecular formula is C20H18N4O2S. The van der Waals surface area contributed by atoms with E-state index in [1.807, 2.05) is 42.6 Å². The standard InChI is InChI=1S/C20H18N4O2S/c1-20-18-15(14-6-2-3-7-16(14)22-18)8-9-23(20)17(25)12-24(19(20)26)21-11-13-5-4-10-27-13/h2-7,10-11,22H,8-9,12H2,1H3/b21-11-/t20-/m0/s1. The van der Waals surface area contributed by atoms with E-state index in [1.54, 1.807) is 11.1 Å². The van der Waals surface area contributed by atoms with Crippen molar-refractivity contribution in [3.63, 3.8) is 0 Å². The van der Waals surface area contributed by atoms with Crippen LogP contribution < -0.4 is 0 Å². The van der Waals surface area contributed by atoms with Crippen molar-refractivity contribution < 1.29 is 9.59 Å². The number of carbonyl (C=O) groups excluding carboxylic acids is 2. The Morgan fingerprint density at radius 2 is 2.07 bits per heavy atom. The van der Waals surface area contributed by atoms with E-state index in [-0.39, 0.29) is 18.4 Å². The van der Waals surface area contributed by atoms with Crippen LogP contribution in [-0.2, 0) is 21.5 Å². The van der Waals surface area contributed by atoms with Crippen molar-refractivity contribution in [3.05, 3.63) is 57.9 Å². The molecule has 0 unspecified atom stereocenters. The molecule has 6 nitrogen and oxygen atoms in total. The predicted octanol–water partition coefficient (Wildman–Crippen LogP) is 2.71. The van der Waals surface area contributed by atoms with E-state index in [2.05, 4.69) is 16.2 Å². The molecule has 136 valence electrons. The van der Waals surface area contributed by atoms with Crippen molar-refractivity contribution in [2.24, 2.45) is 5.10 Å². The molecule has 1 N–H and O–H groups in total. The van der Waals surface area contributed by atoms with E-state index in [0.29, 0.717) is 6.54 Å². The second-order valence-corrected chi connectivity index (χ2v) is 7.99. The van der Waals surface area contributed by atoms with Gasteiger partial charge in [0.2, 0.25) is 5.91 Å². The molecule has 5 rings (SSSR count). The minimum Gasteiger partial charge on any atom is -0.356 e. The van der Waals surface area contributed by atoms with Gasteiger partial charge in [-0.05, 0) is 36.4 Å². The van der Waals surface area contributed by atoms with Crippen molar-refractivity contribution in [2.75, 3.05) is 13.1 Å². The highest BCUT2D eigenvalue weighted by molar-refractivity contribution is 7.11. The van der Waals surface area contributed by atoms with E-state index in [4.69, 9.17) is 0 Å². The number of hydrogen-bond donors (Lipinski definition) is 1. The van der Waals surface area contributed by atoms with E-state index >= 15 is 0 Å². The first-order valence-electron chi connectivity index (χ1n) is 8.89. The second-order valence-electron chi connectivity index (χ2n) is 7.01. The van der Waals surface area contributed by atoms with Gasteiger partial charge in [-0.15, -0.1) is 11.3 Å². The van der Waals surface area contributed by atoms with Gasteiger partial charge in [-0.3, -0.25) is 9.59 Å². The van der Waals surface area contributed by atoms with Crippen molar-refractivity contribution in [1.29, 1.82) is 0 Å². The summed E-state index contributed by atoms with van der Waals surface area (Å²) in [7, 11) is 0. The molecule has 2 aliphatic rings. The first-order chi connectivity index (χ1) is 13.1. The number of amides is 2. The Balaban J connectivity index is 1.61. The fraction of sp³-hybridized carbons (Fsp3) is 0.250. The summed E-state index contributed by atoms with van der Waals surface area (Å²) in [5, 5.41) is 8.70. The van der Waals surface area contributed by atoms with Crippen LogP contribution in [0.25, 0.3) is 10.9 Å². The highest BCUT2D eigenvalue weighted by Crippen LogP contribution is 2.41. The zero-order chi connectivity index (χ0) is 18.6. The number of rotatable bonds is 2. The van der Waals surface area contributed by atoms with Gasteiger partial charge in [-0.2, -0.15) is 5.10 Å². The van der Waals surface area contributed by atoms with Crippen molar-refractivity contribution in [2.45, 2.75) is 18.9 Å². The minimum atomic E-state index is -1.06. The van der Waals surface area contributed by atoms with Gasteiger partial charge in [-0.1, -0.05) is 24.3 Å². The van der Waals surface area contributed by atoms with E-state index in [9.17, 15) is 9.59 Å². The third-order valence-electron chi connectivity index (χ3n) is 5.53. The molecule has 1 atom stereocenters. The third kappa shape index (κ3) is 2.28. The maximum atomic E-state index is 13.4. The SMILES string of the molecule is C[C@]12C(=O)N(/N=C\c3cccs3)CC(=O)N1CCc1c2[nH]c2ccccc12. The summed E-state index contributed by atoms with van der Waals surface area (Å²) >= 11 is 1.54. The third-order valence-corrected chi connectivity index (χ3v) is 6.34. The average molecular weight is 378 g/mol. The van der Waals surface area contributed by atoms with Gasteiger partial charge in [0.05, 0.1) is 11.9 Å². The number of piperazine rings is 1. The largest absolute Gasteiger partial charge is 0.356 e. The number of benzene rings is 1. The molecule has 0 aliphatic carbocycles.